The summed E-state index contributed by atoms with van der Waals surface area (Å²) in [5, 5.41) is 3.42. The second-order valence-electron chi connectivity index (χ2n) is 7.07. The van der Waals surface area contributed by atoms with E-state index in [0.29, 0.717) is 5.96 Å². The highest BCUT2D eigenvalue weighted by Gasteiger charge is 2.36. The van der Waals surface area contributed by atoms with Gasteiger partial charge in [-0.15, -0.1) is 0 Å². The van der Waals surface area contributed by atoms with E-state index in [-0.39, 0.29) is 11.0 Å². The third-order valence-electron chi connectivity index (χ3n) is 4.58. The van der Waals surface area contributed by atoms with Gasteiger partial charge in [-0.1, -0.05) is 59.8 Å². The highest BCUT2D eigenvalue weighted by Crippen LogP contribution is 2.35. The molecule has 0 bridgehead atoms. The van der Waals surface area contributed by atoms with Crippen LogP contribution in [0.1, 0.15) is 86.5 Å². The van der Waals surface area contributed by atoms with Crippen LogP contribution >= 0.6 is 0 Å². The summed E-state index contributed by atoms with van der Waals surface area (Å²) in [6, 6.07) is 0. The van der Waals surface area contributed by atoms with Gasteiger partial charge < -0.3 is 11.1 Å². The number of hydrogen-bond donors (Lipinski definition) is 2. The van der Waals surface area contributed by atoms with Crippen molar-refractivity contribution in [3.05, 3.63) is 0 Å². The normalized spacial score (nSPS) is 13.6. The molecule has 20 heavy (non-hydrogen) atoms. The van der Waals surface area contributed by atoms with Crippen molar-refractivity contribution in [1.29, 1.82) is 0 Å². The predicted molar refractivity (Wildman–Crippen MR) is 91.2 cm³/mol. The summed E-state index contributed by atoms with van der Waals surface area (Å²) in [5.41, 5.74) is 6.20. The molecule has 0 fully saturated rings. The van der Waals surface area contributed by atoms with Gasteiger partial charge in [0.2, 0.25) is 0 Å². The van der Waals surface area contributed by atoms with Crippen LogP contribution in [-0.2, 0) is 0 Å². The smallest absolute Gasteiger partial charge is 0.189 e. The lowest BCUT2D eigenvalue weighted by molar-refractivity contribution is 0.159. The molecule has 0 aliphatic carbocycles. The van der Waals surface area contributed by atoms with E-state index in [0.717, 1.165) is 13.0 Å². The molecule has 3 nitrogen and oxygen atoms in total. The number of guanidine groups is 1. The first-order valence-corrected chi connectivity index (χ1v) is 8.35. The molecule has 0 amide bonds. The molecule has 0 aliphatic rings. The molecule has 0 aromatic carbocycles. The highest BCUT2D eigenvalue weighted by molar-refractivity contribution is 5.78. The molecular formula is C17H37N3. The predicted octanol–water partition coefficient (Wildman–Crippen LogP) is 4.47. The van der Waals surface area contributed by atoms with Crippen LogP contribution in [0.4, 0.5) is 0 Å². The first-order valence-electron chi connectivity index (χ1n) is 8.35. The van der Waals surface area contributed by atoms with Crippen molar-refractivity contribution in [3.63, 3.8) is 0 Å². The summed E-state index contributed by atoms with van der Waals surface area (Å²) in [5.74, 6) is 0.594. The Labute approximate surface area is 126 Å². The maximum Gasteiger partial charge on any atom is 0.189 e. The average Bonchev–Trinajstić information content (AvgIpc) is 2.35. The van der Waals surface area contributed by atoms with Crippen LogP contribution in [0, 0.1) is 5.41 Å². The van der Waals surface area contributed by atoms with E-state index in [9.17, 15) is 0 Å². The Bertz CT molecular complexity index is 280. The van der Waals surface area contributed by atoms with Crippen LogP contribution in [-0.4, -0.2) is 18.0 Å². The van der Waals surface area contributed by atoms with Crippen molar-refractivity contribution in [3.8, 4) is 0 Å². The number of nitrogens with two attached hydrogens (primary N) is 1. The zero-order chi connectivity index (χ0) is 15.6. The Balaban J connectivity index is 4.31. The van der Waals surface area contributed by atoms with E-state index >= 15 is 0 Å². The van der Waals surface area contributed by atoms with Crippen molar-refractivity contribution >= 4 is 5.96 Å². The van der Waals surface area contributed by atoms with Gasteiger partial charge in [-0.2, -0.15) is 0 Å². The molecule has 0 aliphatic heterocycles. The van der Waals surface area contributed by atoms with Gasteiger partial charge in [0.1, 0.15) is 0 Å². The monoisotopic (exact) mass is 283 g/mol. The van der Waals surface area contributed by atoms with Gasteiger partial charge in [0.15, 0.2) is 5.96 Å². The summed E-state index contributed by atoms with van der Waals surface area (Å²) in [6.07, 6.45) is 8.63. The zero-order valence-corrected chi connectivity index (χ0v) is 14.7. The largest absolute Gasteiger partial charge is 0.370 e. The standard InChI is InChI=1S/C17H37N3/c1-7-9-11-12-14-19-15(18)20-17(5,6)16(3,4)13-10-8-2/h7-14H2,1-6H3,(H3,18,19,20). The number of nitrogens with zero attached hydrogens (tertiary/aromatic N) is 1. The molecule has 0 aromatic heterocycles. The van der Waals surface area contributed by atoms with Crippen molar-refractivity contribution in [2.24, 2.45) is 16.1 Å². The molecule has 0 spiro atoms. The summed E-state index contributed by atoms with van der Waals surface area (Å²) < 4.78 is 0. The van der Waals surface area contributed by atoms with E-state index in [1.165, 1.54) is 38.5 Å². The van der Waals surface area contributed by atoms with E-state index < -0.39 is 0 Å². The molecule has 0 aromatic rings. The third kappa shape index (κ3) is 7.16. The van der Waals surface area contributed by atoms with Crippen LogP contribution in [0.3, 0.4) is 0 Å². The molecule has 3 N–H and O–H groups in total. The van der Waals surface area contributed by atoms with Crippen LogP contribution in [0.5, 0.6) is 0 Å². The SMILES string of the molecule is CCCCCCN=C(N)NC(C)(C)C(C)(C)CCCC. The molecule has 0 rings (SSSR count). The first kappa shape index (κ1) is 19.3. The molecule has 0 radical (unpaired) electrons. The van der Waals surface area contributed by atoms with Gasteiger partial charge in [-0.25, -0.2) is 0 Å². The molecule has 0 saturated carbocycles. The minimum absolute atomic E-state index is 0.0425. The third-order valence-corrected chi connectivity index (χ3v) is 4.58. The van der Waals surface area contributed by atoms with E-state index in [4.69, 9.17) is 5.73 Å². The second-order valence-corrected chi connectivity index (χ2v) is 7.07. The van der Waals surface area contributed by atoms with E-state index in [1.807, 2.05) is 0 Å². The maximum atomic E-state index is 6.04. The minimum atomic E-state index is -0.0425. The fourth-order valence-electron chi connectivity index (χ4n) is 2.20. The Hall–Kier alpha value is -0.730. The van der Waals surface area contributed by atoms with Crippen molar-refractivity contribution in [2.45, 2.75) is 92.0 Å². The first-order chi connectivity index (χ1) is 9.27. The number of unbranched alkanes of at least 4 members (excludes halogenated alkanes) is 4. The fraction of sp³-hybridized carbons (Fsp3) is 0.941. The lowest BCUT2D eigenvalue weighted by Crippen LogP contribution is -2.55. The molecular weight excluding hydrogens is 246 g/mol. The Morgan fingerprint density at radius 1 is 0.950 bits per heavy atom. The lowest BCUT2D eigenvalue weighted by atomic mass is 9.71. The van der Waals surface area contributed by atoms with Gasteiger partial charge in [0.25, 0.3) is 0 Å². The van der Waals surface area contributed by atoms with Crippen molar-refractivity contribution in [2.75, 3.05) is 6.54 Å². The van der Waals surface area contributed by atoms with Crippen LogP contribution in [0.15, 0.2) is 4.99 Å². The van der Waals surface area contributed by atoms with Gasteiger partial charge >= 0.3 is 0 Å². The van der Waals surface area contributed by atoms with E-state index in [2.05, 4.69) is 51.9 Å². The van der Waals surface area contributed by atoms with Crippen molar-refractivity contribution < 1.29 is 0 Å². The number of aliphatic imine (C=N–C) groups is 1. The number of rotatable bonds is 10. The van der Waals surface area contributed by atoms with Gasteiger partial charge in [0.05, 0.1) is 0 Å². The zero-order valence-electron chi connectivity index (χ0n) is 14.7. The summed E-state index contributed by atoms with van der Waals surface area (Å²) in [4.78, 5) is 4.46. The number of hydrogen-bond acceptors (Lipinski definition) is 1. The van der Waals surface area contributed by atoms with Gasteiger partial charge in [0, 0.05) is 12.1 Å². The molecule has 3 heteroatoms. The molecule has 0 saturated heterocycles. The maximum absolute atomic E-state index is 6.04. The molecule has 0 unspecified atom stereocenters. The quantitative estimate of drug-likeness (QED) is 0.353. The topological polar surface area (TPSA) is 50.4 Å². The molecule has 0 atom stereocenters. The van der Waals surface area contributed by atoms with Crippen LogP contribution in [0.2, 0.25) is 0 Å². The molecule has 0 heterocycles. The number of nitrogens with one attached hydrogen (secondary N) is 1. The lowest BCUT2D eigenvalue weighted by Gasteiger charge is -2.43. The van der Waals surface area contributed by atoms with Crippen LogP contribution in [0.25, 0.3) is 0 Å². The van der Waals surface area contributed by atoms with Crippen molar-refractivity contribution in [1.82, 2.24) is 5.32 Å². The molecule has 120 valence electrons. The Morgan fingerprint density at radius 2 is 1.55 bits per heavy atom. The second kappa shape index (κ2) is 9.25. The minimum Gasteiger partial charge on any atom is -0.370 e. The fourth-order valence-corrected chi connectivity index (χ4v) is 2.20. The van der Waals surface area contributed by atoms with Gasteiger partial charge in [-0.05, 0) is 32.1 Å². The highest BCUT2D eigenvalue weighted by atomic mass is 15.1. The van der Waals surface area contributed by atoms with Crippen LogP contribution < -0.4 is 11.1 Å². The summed E-state index contributed by atoms with van der Waals surface area (Å²) >= 11 is 0. The van der Waals surface area contributed by atoms with E-state index in [1.54, 1.807) is 0 Å². The van der Waals surface area contributed by atoms with Gasteiger partial charge in [-0.3, -0.25) is 4.99 Å². The summed E-state index contributed by atoms with van der Waals surface area (Å²) in [6.45, 7) is 14.4. The average molecular weight is 284 g/mol. The summed E-state index contributed by atoms with van der Waals surface area (Å²) in [7, 11) is 0. The Morgan fingerprint density at radius 3 is 2.10 bits per heavy atom. The Kier molecular flexibility index (Phi) is 8.91.